The SMILES string of the molecule is O=C(NC1CCN(c2ccc(Cl)c(F)c2)C1)N1CCOC2(CCOCC2)C1. The molecular weight excluding hydrogens is 373 g/mol. The molecule has 6 nitrogen and oxygen atoms in total. The standard InChI is InChI=1S/C19H25ClFN3O3/c20-16-2-1-15(11-17(16)21)23-6-3-14(12-23)22-18(25)24-7-10-27-19(13-24)4-8-26-9-5-19/h1-2,11,14H,3-10,12-13H2,(H,22,25). The highest BCUT2D eigenvalue weighted by molar-refractivity contribution is 6.30. The predicted octanol–water partition coefficient (Wildman–Crippen LogP) is 2.65. The molecule has 1 N–H and O–H groups in total. The molecule has 27 heavy (non-hydrogen) atoms. The van der Waals surface area contributed by atoms with Gasteiger partial charge in [-0.3, -0.25) is 0 Å². The van der Waals surface area contributed by atoms with E-state index in [2.05, 4.69) is 10.2 Å². The van der Waals surface area contributed by atoms with Crippen molar-refractivity contribution < 1.29 is 18.7 Å². The third-order valence-electron chi connectivity index (χ3n) is 5.72. The Morgan fingerprint density at radius 1 is 1.26 bits per heavy atom. The van der Waals surface area contributed by atoms with Gasteiger partial charge in [0, 0.05) is 57.4 Å². The highest BCUT2D eigenvalue weighted by Gasteiger charge is 2.40. The van der Waals surface area contributed by atoms with E-state index in [4.69, 9.17) is 21.1 Å². The van der Waals surface area contributed by atoms with Crippen LogP contribution in [0.1, 0.15) is 19.3 Å². The van der Waals surface area contributed by atoms with Gasteiger partial charge < -0.3 is 24.6 Å². The second-order valence-corrected chi connectivity index (χ2v) is 7.95. The fourth-order valence-electron chi connectivity index (χ4n) is 4.12. The number of nitrogens with zero attached hydrogens (tertiary/aromatic N) is 2. The van der Waals surface area contributed by atoms with E-state index < -0.39 is 5.82 Å². The van der Waals surface area contributed by atoms with Crippen molar-refractivity contribution in [3.8, 4) is 0 Å². The number of hydrogen-bond donors (Lipinski definition) is 1. The van der Waals surface area contributed by atoms with Crippen LogP contribution in [0.15, 0.2) is 18.2 Å². The molecule has 1 aromatic rings. The zero-order valence-corrected chi connectivity index (χ0v) is 16.0. The molecule has 3 fully saturated rings. The van der Waals surface area contributed by atoms with Crippen molar-refractivity contribution in [1.29, 1.82) is 0 Å². The molecular formula is C19H25ClFN3O3. The summed E-state index contributed by atoms with van der Waals surface area (Å²) in [7, 11) is 0. The number of amides is 2. The van der Waals surface area contributed by atoms with Crippen LogP contribution >= 0.6 is 11.6 Å². The Morgan fingerprint density at radius 3 is 2.85 bits per heavy atom. The van der Waals surface area contributed by atoms with Gasteiger partial charge in [0.1, 0.15) is 5.82 Å². The van der Waals surface area contributed by atoms with Crippen LogP contribution in [-0.2, 0) is 9.47 Å². The first-order chi connectivity index (χ1) is 13.0. The maximum atomic E-state index is 13.7. The monoisotopic (exact) mass is 397 g/mol. The van der Waals surface area contributed by atoms with E-state index in [0.717, 1.165) is 31.5 Å². The Morgan fingerprint density at radius 2 is 2.07 bits per heavy atom. The molecule has 3 aliphatic rings. The Hall–Kier alpha value is -1.57. The second-order valence-electron chi connectivity index (χ2n) is 7.54. The summed E-state index contributed by atoms with van der Waals surface area (Å²) in [5, 5.41) is 3.26. The molecule has 1 aromatic carbocycles. The maximum absolute atomic E-state index is 13.7. The molecule has 4 rings (SSSR count). The van der Waals surface area contributed by atoms with Crippen LogP contribution in [0.5, 0.6) is 0 Å². The van der Waals surface area contributed by atoms with E-state index in [1.165, 1.54) is 6.07 Å². The highest BCUT2D eigenvalue weighted by Crippen LogP contribution is 2.29. The number of nitrogens with one attached hydrogen (secondary N) is 1. The number of carbonyl (C=O) groups excluding carboxylic acids is 1. The third kappa shape index (κ3) is 4.15. The lowest BCUT2D eigenvalue weighted by atomic mass is 9.92. The topological polar surface area (TPSA) is 54.0 Å². The van der Waals surface area contributed by atoms with Gasteiger partial charge in [-0.05, 0) is 24.6 Å². The first-order valence-corrected chi connectivity index (χ1v) is 9.90. The molecule has 2 amide bonds. The fraction of sp³-hybridized carbons (Fsp3) is 0.632. The van der Waals surface area contributed by atoms with E-state index in [9.17, 15) is 9.18 Å². The average Bonchev–Trinajstić information content (AvgIpc) is 3.13. The van der Waals surface area contributed by atoms with Crippen LogP contribution in [0.25, 0.3) is 0 Å². The molecule has 3 saturated heterocycles. The summed E-state index contributed by atoms with van der Waals surface area (Å²) in [4.78, 5) is 16.7. The quantitative estimate of drug-likeness (QED) is 0.833. The zero-order chi connectivity index (χ0) is 18.9. The molecule has 0 aliphatic carbocycles. The van der Waals surface area contributed by atoms with Gasteiger partial charge in [-0.25, -0.2) is 9.18 Å². The zero-order valence-electron chi connectivity index (χ0n) is 15.3. The minimum absolute atomic E-state index is 0.0432. The molecule has 0 saturated carbocycles. The summed E-state index contributed by atoms with van der Waals surface area (Å²) in [6.07, 6.45) is 2.49. The number of morpholine rings is 1. The Kier molecular flexibility index (Phi) is 5.43. The minimum atomic E-state index is -0.420. The van der Waals surface area contributed by atoms with Crippen molar-refractivity contribution >= 4 is 23.3 Å². The van der Waals surface area contributed by atoms with Gasteiger partial charge in [0.05, 0.1) is 23.8 Å². The fourth-order valence-corrected chi connectivity index (χ4v) is 4.24. The molecule has 1 atom stereocenters. The minimum Gasteiger partial charge on any atom is -0.381 e. The molecule has 3 aliphatic heterocycles. The lowest BCUT2D eigenvalue weighted by Gasteiger charge is -2.44. The molecule has 8 heteroatoms. The summed E-state index contributed by atoms with van der Waals surface area (Å²) in [6.45, 7) is 4.59. The number of hydrogen-bond acceptors (Lipinski definition) is 4. The van der Waals surface area contributed by atoms with Gasteiger partial charge in [-0.2, -0.15) is 0 Å². The highest BCUT2D eigenvalue weighted by atomic mass is 35.5. The van der Waals surface area contributed by atoms with Crippen molar-refractivity contribution in [3.63, 3.8) is 0 Å². The van der Waals surface area contributed by atoms with E-state index in [-0.39, 0.29) is 22.7 Å². The largest absolute Gasteiger partial charge is 0.381 e. The summed E-state index contributed by atoms with van der Waals surface area (Å²) in [5.41, 5.74) is 0.539. The van der Waals surface area contributed by atoms with E-state index in [0.29, 0.717) is 39.5 Å². The van der Waals surface area contributed by atoms with Crippen LogP contribution in [0, 0.1) is 5.82 Å². The van der Waals surface area contributed by atoms with Gasteiger partial charge in [0.2, 0.25) is 0 Å². The number of anilines is 1. The van der Waals surface area contributed by atoms with Crippen molar-refractivity contribution in [3.05, 3.63) is 29.0 Å². The van der Waals surface area contributed by atoms with E-state index in [1.54, 1.807) is 6.07 Å². The molecule has 3 heterocycles. The maximum Gasteiger partial charge on any atom is 0.317 e. The van der Waals surface area contributed by atoms with Crippen molar-refractivity contribution in [2.75, 3.05) is 50.9 Å². The van der Waals surface area contributed by atoms with Gasteiger partial charge in [-0.1, -0.05) is 11.6 Å². The van der Waals surface area contributed by atoms with Crippen molar-refractivity contribution in [2.24, 2.45) is 0 Å². The molecule has 1 unspecified atom stereocenters. The van der Waals surface area contributed by atoms with Gasteiger partial charge in [-0.15, -0.1) is 0 Å². The molecule has 148 valence electrons. The molecule has 0 radical (unpaired) electrons. The first kappa shape index (κ1) is 18.8. The summed E-state index contributed by atoms with van der Waals surface area (Å²) in [6, 6.07) is 4.83. The summed E-state index contributed by atoms with van der Waals surface area (Å²) < 4.78 is 25.1. The summed E-state index contributed by atoms with van der Waals surface area (Å²) >= 11 is 5.76. The van der Waals surface area contributed by atoms with Crippen LogP contribution in [0.3, 0.4) is 0 Å². The van der Waals surface area contributed by atoms with E-state index in [1.807, 2.05) is 11.0 Å². The summed E-state index contributed by atoms with van der Waals surface area (Å²) in [5.74, 6) is -0.420. The normalized spacial score (nSPS) is 25.0. The molecule has 0 bridgehead atoms. The number of benzene rings is 1. The Balaban J connectivity index is 1.32. The number of rotatable bonds is 2. The Bertz CT molecular complexity index is 693. The lowest BCUT2D eigenvalue weighted by Crippen LogP contribution is -2.58. The van der Waals surface area contributed by atoms with Crippen LogP contribution in [0.2, 0.25) is 5.02 Å². The predicted molar refractivity (Wildman–Crippen MR) is 101 cm³/mol. The number of halogens is 2. The van der Waals surface area contributed by atoms with Crippen LogP contribution in [0.4, 0.5) is 14.9 Å². The molecule has 0 aromatic heterocycles. The second kappa shape index (κ2) is 7.81. The lowest BCUT2D eigenvalue weighted by molar-refractivity contribution is -0.145. The number of ether oxygens (including phenoxy) is 2. The molecule has 1 spiro atoms. The third-order valence-corrected chi connectivity index (χ3v) is 6.03. The number of urea groups is 1. The van der Waals surface area contributed by atoms with Crippen LogP contribution in [-0.4, -0.2) is 68.6 Å². The Labute approximate surface area is 163 Å². The van der Waals surface area contributed by atoms with Crippen molar-refractivity contribution in [1.82, 2.24) is 10.2 Å². The average molecular weight is 398 g/mol. The first-order valence-electron chi connectivity index (χ1n) is 9.52. The number of carbonyl (C=O) groups is 1. The smallest absolute Gasteiger partial charge is 0.317 e. The van der Waals surface area contributed by atoms with Crippen LogP contribution < -0.4 is 10.2 Å². The van der Waals surface area contributed by atoms with Gasteiger partial charge >= 0.3 is 6.03 Å². The van der Waals surface area contributed by atoms with Gasteiger partial charge in [0.25, 0.3) is 0 Å². The van der Waals surface area contributed by atoms with Gasteiger partial charge in [0.15, 0.2) is 0 Å². The van der Waals surface area contributed by atoms with Crippen molar-refractivity contribution in [2.45, 2.75) is 30.9 Å². The van der Waals surface area contributed by atoms with E-state index >= 15 is 0 Å².